The zero-order chi connectivity index (χ0) is 15.0. The lowest BCUT2D eigenvalue weighted by atomic mass is 10.0. The number of methoxy groups -OCH3 is 1. The summed E-state index contributed by atoms with van der Waals surface area (Å²) in [5.74, 6) is 0.852. The number of benzene rings is 1. The van der Waals surface area contributed by atoms with Crippen molar-refractivity contribution in [1.29, 1.82) is 5.26 Å². The van der Waals surface area contributed by atoms with Gasteiger partial charge in [-0.25, -0.2) is 0 Å². The van der Waals surface area contributed by atoms with Crippen LogP contribution < -0.4 is 9.47 Å². The molecule has 0 saturated heterocycles. The van der Waals surface area contributed by atoms with Gasteiger partial charge in [0.05, 0.1) is 25.4 Å². The van der Waals surface area contributed by atoms with Gasteiger partial charge < -0.3 is 19.7 Å². The van der Waals surface area contributed by atoms with Gasteiger partial charge in [-0.1, -0.05) is 6.92 Å². The molecule has 1 aromatic rings. The van der Waals surface area contributed by atoms with Gasteiger partial charge in [-0.15, -0.1) is 0 Å². The van der Waals surface area contributed by atoms with E-state index in [4.69, 9.17) is 14.6 Å². The first-order valence-electron chi connectivity index (χ1n) is 6.71. The van der Waals surface area contributed by atoms with Gasteiger partial charge in [-0.2, -0.15) is 5.26 Å². The maximum absolute atomic E-state index is 10.0. The lowest BCUT2D eigenvalue weighted by Gasteiger charge is -2.16. The highest BCUT2D eigenvalue weighted by atomic mass is 16.5. The Balaban J connectivity index is 3.09. The molecule has 0 amide bonds. The molecule has 5 nitrogen and oxygen atoms in total. The summed E-state index contributed by atoms with van der Waals surface area (Å²) in [5, 5.41) is 28.1. The minimum absolute atomic E-state index is 0.0248. The van der Waals surface area contributed by atoms with Gasteiger partial charge in [-0.3, -0.25) is 0 Å². The average molecular weight is 279 g/mol. The van der Waals surface area contributed by atoms with Crippen molar-refractivity contribution in [2.45, 2.75) is 32.3 Å². The van der Waals surface area contributed by atoms with Crippen LogP contribution in [0.1, 0.15) is 43.4 Å². The largest absolute Gasteiger partial charge is 0.493 e. The van der Waals surface area contributed by atoms with Crippen molar-refractivity contribution in [3.8, 4) is 17.6 Å². The van der Waals surface area contributed by atoms with E-state index in [1.54, 1.807) is 12.1 Å². The van der Waals surface area contributed by atoms with Gasteiger partial charge in [0.25, 0.3) is 0 Å². The third kappa shape index (κ3) is 4.12. The molecular formula is C15H21NO4. The number of rotatable bonds is 8. The predicted octanol–water partition coefficient (Wildman–Crippen LogP) is 2.16. The van der Waals surface area contributed by atoms with Gasteiger partial charge in [-0.05, 0) is 37.0 Å². The van der Waals surface area contributed by atoms with Crippen LogP contribution in [0.25, 0.3) is 0 Å². The topological polar surface area (TPSA) is 82.7 Å². The number of ether oxygens (including phenoxy) is 2. The summed E-state index contributed by atoms with van der Waals surface area (Å²) >= 11 is 0. The van der Waals surface area contributed by atoms with Crippen molar-refractivity contribution < 1.29 is 19.7 Å². The highest BCUT2D eigenvalue weighted by Crippen LogP contribution is 2.35. The number of nitrogens with zero attached hydrogens (tertiary/aromatic N) is 1. The fraction of sp³-hybridized carbons (Fsp3) is 0.533. The predicted molar refractivity (Wildman–Crippen MR) is 74.8 cm³/mol. The van der Waals surface area contributed by atoms with E-state index in [0.717, 1.165) is 6.42 Å². The molecule has 0 aliphatic carbocycles. The molecule has 0 fully saturated rings. The van der Waals surface area contributed by atoms with Crippen molar-refractivity contribution in [2.24, 2.45) is 0 Å². The van der Waals surface area contributed by atoms with Crippen LogP contribution in [0, 0.1) is 11.3 Å². The first-order valence-corrected chi connectivity index (χ1v) is 6.71. The van der Waals surface area contributed by atoms with Gasteiger partial charge in [0, 0.05) is 6.61 Å². The normalized spacial score (nSPS) is 11.8. The first-order chi connectivity index (χ1) is 9.67. The summed E-state index contributed by atoms with van der Waals surface area (Å²) in [6.07, 6.45) is 1.02. The Labute approximate surface area is 119 Å². The summed E-state index contributed by atoms with van der Waals surface area (Å²) < 4.78 is 10.8. The lowest BCUT2D eigenvalue weighted by Crippen LogP contribution is -2.04. The molecule has 0 radical (unpaired) electrons. The molecule has 20 heavy (non-hydrogen) atoms. The zero-order valence-electron chi connectivity index (χ0n) is 11.9. The number of aliphatic hydroxyl groups is 2. The Morgan fingerprint density at radius 2 is 2.15 bits per heavy atom. The molecule has 0 bridgehead atoms. The van der Waals surface area contributed by atoms with Gasteiger partial charge in [0.1, 0.15) is 6.07 Å². The van der Waals surface area contributed by atoms with E-state index in [-0.39, 0.29) is 6.61 Å². The quantitative estimate of drug-likeness (QED) is 0.762. The Morgan fingerprint density at radius 3 is 2.70 bits per heavy atom. The molecule has 1 rings (SSSR count). The van der Waals surface area contributed by atoms with Crippen molar-refractivity contribution >= 4 is 0 Å². The Hall–Kier alpha value is -1.77. The van der Waals surface area contributed by atoms with Gasteiger partial charge in [0.2, 0.25) is 0 Å². The van der Waals surface area contributed by atoms with E-state index in [2.05, 4.69) is 6.07 Å². The molecular weight excluding hydrogens is 258 g/mol. The van der Waals surface area contributed by atoms with Crippen LogP contribution >= 0.6 is 0 Å². The molecule has 0 heterocycles. The molecule has 0 spiro atoms. The van der Waals surface area contributed by atoms with Crippen LogP contribution in [0.5, 0.6) is 11.5 Å². The Kier molecular flexibility index (Phi) is 6.85. The second kappa shape index (κ2) is 8.41. The van der Waals surface area contributed by atoms with E-state index in [9.17, 15) is 10.4 Å². The van der Waals surface area contributed by atoms with E-state index < -0.39 is 6.10 Å². The molecule has 1 aromatic carbocycles. The Bertz CT molecular complexity index is 468. The van der Waals surface area contributed by atoms with Crippen molar-refractivity contribution in [3.63, 3.8) is 0 Å². The van der Waals surface area contributed by atoms with Crippen LogP contribution in [0.15, 0.2) is 12.1 Å². The van der Waals surface area contributed by atoms with E-state index >= 15 is 0 Å². The molecule has 2 N–H and O–H groups in total. The third-order valence-corrected chi connectivity index (χ3v) is 2.89. The SMILES string of the molecule is CCCOc1c(C#N)cc(C(O)CCCO)cc1OC. The van der Waals surface area contributed by atoms with Crippen LogP contribution in [-0.4, -0.2) is 30.5 Å². The number of nitriles is 1. The minimum Gasteiger partial charge on any atom is -0.493 e. The summed E-state index contributed by atoms with van der Waals surface area (Å²) in [5.41, 5.74) is 0.937. The van der Waals surface area contributed by atoms with Crippen LogP contribution in [0.4, 0.5) is 0 Å². The molecule has 1 unspecified atom stereocenters. The number of aliphatic hydroxyl groups excluding tert-OH is 2. The average Bonchev–Trinajstić information content (AvgIpc) is 2.49. The highest BCUT2D eigenvalue weighted by Gasteiger charge is 2.17. The highest BCUT2D eigenvalue weighted by molar-refractivity contribution is 5.55. The van der Waals surface area contributed by atoms with Crippen LogP contribution in [0.2, 0.25) is 0 Å². The molecule has 5 heteroatoms. The maximum atomic E-state index is 10.0. The standard InChI is InChI=1S/C15H21NO4/c1-3-7-20-15-12(10-16)8-11(9-14(15)19-2)13(18)5-4-6-17/h8-9,13,17-18H,3-7H2,1-2H3. The smallest absolute Gasteiger partial charge is 0.178 e. The summed E-state index contributed by atoms with van der Waals surface area (Å²) in [4.78, 5) is 0. The fourth-order valence-electron chi connectivity index (χ4n) is 1.85. The lowest BCUT2D eigenvalue weighted by molar-refractivity contribution is 0.151. The number of hydrogen-bond acceptors (Lipinski definition) is 5. The summed E-state index contributed by atoms with van der Waals surface area (Å²) in [6.45, 7) is 2.50. The monoisotopic (exact) mass is 279 g/mol. The van der Waals surface area contributed by atoms with Gasteiger partial charge in [0.15, 0.2) is 11.5 Å². The summed E-state index contributed by atoms with van der Waals surface area (Å²) in [6, 6.07) is 5.35. The zero-order valence-corrected chi connectivity index (χ0v) is 11.9. The van der Waals surface area contributed by atoms with E-state index in [0.29, 0.717) is 42.1 Å². The van der Waals surface area contributed by atoms with Gasteiger partial charge >= 0.3 is 0 Å². The molecule has 0 aromatic heterocycles. The molecule has 0 aliphatic heterocycles. The molecule has 0 saturated carbocycles. The second-order valence-corrected chi connectivity index (χ2v) is 4.44. The van der Waals surface area contributed by atoms with Crippen molar-refractivity contribution in [3.05, 3.63) is 23.3 Å². The fourth-order valence-corrected chi connectivity index (χ4v) is 1.85. The molecule has 1 atom stereocenters. The van der Waals surface area contributed by atoms with Crippen molar-refractivity contribution in [2.75, 3.05) is 20.3 Å². The molecule has 0 aliphatic rings. The molecule has 110 valence electrons. The summed E-state index contributed by atoms with van der Waals surface area (Å²) in [7, 11) is 1.50. The van der Waals surface area contributed by atoms with E-state index in [1.807, 2.05) is 6.92 Å². The van der Waals surface area contributed by atoms with E-state index in [1.165, 1.54) is 7.11 Å². The van der Waals surface area contributed by atoms with Crippen LogP contribution in [-0.2, 0) is 0 Å². The number of hydrogen-bond donors (Lipinski definition) is 2. The first kappa shape index (κ1) is 16.3. The van der Waals surface area contributed by atoms with Crippen LogP contribution in [0.3, 0.4) is 0 Å². The maximum Gasteiger partial charge on any atom is 0.178 e. The minimum atomic E-state index is -0.733. The van der Waals surface area contributed by atoms with Crippen molar-refractivity contribution in [1.82, 2.24) is 0 Å². The Morgan fingerprint density at radius 1 is 1.40 bits per heavy atom. The second-order valence-electron chi connectivity index (χ2n) is 4.44. The third-order valence-electron chi connectivity index (χ3n) is 2.89.